The summed E-state index contributed by atoms with van der Waals surface area (Å²) in [6.45, 7) is -1.16. The summed E-state index contributed by atoms with van der Waals surface area (Å²) in [5.74, 6) is 0. The van der Waals surface area contributed by atoms with Gasteiger partial charge in [-0.15, -0.1) is 5.10 Å². The second kappa shape index (κ2) is 5.67. The number of fused-ring (bicyclic) bond motifs is 1. The van der Waals surface area contributed by atoms with E-state index in [4.69, 9.17) is 0 Å². The van der Waals surface area contributed by atoms with Crippen molar-refractivity contribution in [1.82, 2.24) is 20.2 Å². The summed E-state index contributed by atoms with van der Waals surface area (Å²) in [5.41, 5.74) is 2.44. The Bertz CT molecular complexity index is 626. The van der Waals surface area contributed by atoms with Crippen LogP contribution < -0.4 is 0 Å². The van der Waals surface area contributed by atoms with Crippen LogP contribution in [0.5, 0.6) is 0 Å². The zero-order valence-corrected chi connectivity index (χ0v) is 11.9. The highest BCUT2D eigenvalue weighted by Crippen LogP contribution is 2.42. The first-order valence-electron chi connectivity index (χ1n) is 6.60. The fourth-order valence-electron chi connectivity index (χ4n) is 2.51. The summed E-state index contributed by atoms with van der Waals surface area (Å²) in [5, 5.41) is 10.9. The van der Waals surface area contributed by atoms with E-state index in [0.717, 1.165) is 23.9 Å². The predicted octanol–water partition coefficient (Wildman–Crippen LogP) is 3.41. The molecule has 2 aromatic rings. The van der Waals surface area contributed by atoms with E-state index in [1.165, 1.54) is 22.9 Å². The number of rotatable bonds is 3. The average molecular weight is 314 g/mol. The first kappa shape index (κ1) is 14.4. The van der Waals surface area contributed by atoms with E-state index in [-0.39, 0.29) is 10.4 Å². The summed E-state index contributed by atoms with van der Waals surface area (Å²) < 4.78 is 38.3. The highest BCUT2D eigenvalue weighted by Gasteiger charge is 2.31. The second-order valence-electron chi connectivity index (χ2n) is 4.93. The van der Waals surface area contributed by atoms with Gasteiger partial charge in [-0.3, -0.25) is 0 Å². The lowest BCUT2D eigenvalue weighted by atomic mass is 9.91. The van der Waals surface area contributed by atoms with Gasteiger partial charge < -0.3 is 0 Å². The molecule has 8 heteroatoms. The van der Waals surface area contributed by atoms with E-state index in [1.54, 1.807) is 0 Å². The number of alkyl halides is 3. The first-order valence-corrected chi connectivity index (χ1v) is 7.48. The van der Waals surface area contributed by atoms with Crippen molar-refractivity contribution in [3.05, 3.63) is 35.4 Å². The van der Waals surface area contributed by atoms with Crippen LogP contribution in [0.3, 0.4) is 0 Å². The van der Waals surface area contributed by atoms with E-state index in [1.807, 2.05) is 18.2 Å². The third-order valence-electron chi connectivity index (χ3n) is 3.39. The predicted molar refractivity (Wildman–Crippen MR) is 71.9 cm³/mol. The zero-order valence-electron chi connectivity index (χ0n) is 11.0. The van der Waals surface area contributed by atoms with Gasteiger partial charge in [0.15, 0.2) is 0 Å². The van der Waals surface area contributed by atoms with Crippen molar-refractivity contribution in [2.24, 2.45) is 0 Å². The molecule has 0 saturated heterocycles. The highest BCUT2D eigenvalue weighted by molar-refractivity contribution is 7.99. The van der Waals surface area contributed by atoms with Crippen LogP contribution in [-0.4, -0.2) is 26.4 Å². The van der Waals surface area contributed by atoms with E-state index < -0.39 is 12.7 Å². The molecule has 0 spiro atoms. The largest absolute Gasteiger partial charge is 0.408 e. The number of hydrogen-bond donors (Lipinski definition) is 0. The molecule has 1 heterocycles. The van der Waals surface area contributed by atoms with Crippen molar-refractivity contribution >= 4 is 11.8 Å². The molecule has 0 aliphatic heterocycles. The standard InChI is InChI=1S/C13H13F3N4S/c14-13(15,16)8-20-12(17-18-19-20)21-11-7-3-5-9-4-1-2-6-10(9)11/h1-2,4,6,11H,3,5,7-8H2. The van der Waals surface area contributed by atoms with Gasteiger partial charge in [-0.2, -0.15) is 13.2 Å². The number of nitrogens with zero attached hydrogens (tertiary/aromatic N) is 4. The van der Waals surface area contributed by atoms with Crippen LogP contribution in [0, 0.1) is 0 Å². The molecule has 1 aromatic heterocycles. The smallest absolute Gasteiger partial charge is 0.211 e. The maximum absolute atomic E-state index is 12.5. The van der Waals surface area contributed by atoms with E-state index in [0.29, 0.717) is 0 Å². The highest BCUT2D eigenvalue weighted by atomic mass is 32.2. The molecule has 112 valence electrons. The SMILES string of the molecule is FC(F)(F)Cn1nnnc1SC1CCCc2ccccc21. The fourth-order valence-corrected chi connectivity index (χ4v) is 3.71. The molecule has 0 radical (unpaired) electrons. The molecule has 21 heavy (non-hydrogen) atoms. The van der Waals surface area contributed by atoms with Gasteiger partial charge in [0, 0.05) is 5.25 Å². The normalized spacial score (nSPS) is 18.5. The number of benzene rings is 1. The molecule has 0 amide bonds. The molecule has 1 unspecified atom stereocenters. The van der Waals surface area contributed by atoms with Gasteiger partial charge in [0.1, 0.15) is 6.54 Å². The maximum atomic E-state index is 12.5. The van der Waals surface area contributed by atoms with Crippen LogP contribution in [0.4, 0.5) is 13.2 Å². The molecule has 1 aliphatic rings. The van der Waals surface area contributed by atoms with Gasteiger partial charge in [-0.05, 0) is 40.8 Å². The summed E-state index contributed by atoms with van der Waals surface area (Å²) in [7, 11) is 0. The van der Waals surface area contributed by atoms with Crippen LogP contribution in [0.2, 0.25) is 0 Å². The van der Waals surface area contributed by atoms with Crippen molar-refractivity contribution < 1.29 is 13.2 Å². The minimum absolute atomic E-state index is 0.105. The third-order valence-corrected chi connectivity index (χ3v) is 4.67. The molecule has 0 fully saturated rings. The van der Waals surface area contributed by atoms with Crippen molar-refractivity contribution in [2.75, 3.05) is 0 Å². The summed E-state index contributed by atoms with van der Waals surface area (Å²) in [6.07, 6.45) is -1.37. The average Bonchev–Trinajstić information content (AvgIpc) is 2.84. The minimum atomic E-state index is -4.32. The van der Waals surface area contributed by atoms with Gasteiger partial charge in [-0.1, -0.05) is 36.0 Å². The Morgan fingerprint density at radius 3 is 2.90 bits per heavy atom. The molecule has 1 atom stereocenters. The van der Waals surface area contributed by atoms with Gasteiger partial charge >= 0.3 is 6.18 Å². The van der Waals surface area contributed by atoms with Gasteiger partial charge in [0.25, 0.3) is 0 Å². The molecule has 0 bridgehead atoms. The summed E-state index contributed by atoms with van der Waals surface area (Å²) in [6, 6.07) is 8.04. The molecule has 0 N–H and O–H groups in total. The lowest BCUT2D eigenvalue weighted by Gasteiger charge is -2.24. The van der Waals surface area contributed by atoms with E-state index in [9.17, 15) is 13.2 Å². The Balaban J connectivity index is 1.81. The molecule has 4 nitrogen and oxygen atoms in total. The lowest BCUT2D eigenvalue weighted by molar-refractivity contribution is -0.144. The molecule has 0 saturated carbocycles. The Morgan fingerprint density at radius 1 is 1.29 bits per heavy atom. The van der Waals surface area contributed by atoms with Crippen LogP contribution >= 0.6 is 11.8 Å². The Labute approximate surface area is 123 Å². The zero-order chi connectivity index (χ0) is 14.9. The number of aromatic nitrogens is 4. The van der Waals surface area contributed by atoms with Crippen LogP contribution in [0.15, 0.2) is 29.4 Å². The van der Waals surface area contributed by atoms with E-state index >= 15 is 0 Å². The topological polar surface area (TPSA) is 43.6 Å². The van der Waals surface area contributed by atoms with Crippen LogP contribution in [0.25, 0.3) is 0 Å². The Kier molecular flexibility index (Phi) is 3.88. The number of aryl methyl sites for hydroxylation is 1. The fraction of sp³-hybridized carbons (Fsp3) is 0.462. The monoisotopic (exact) mass is 314 g/mol. The summed E-state index contributed by atoms with van der Waals surface area (Å²) in [4.78, 5) is 0. The van der Waals surface area contributed by atoms with Crippen LogP contribution in [-0.2, 0) is 13.0 Å². The Morgan fingerprint density at radius 2 is 2.10 bits per heavy atom. The minimum Gasteiger partial charge on any atom is -0.211 e. The first-order chi connectivity index (χ1) is 10.0. The van der Waals surface area contributed by atoms with Crippen LogP contribution in [0.1, 0.15) is 29.2 Å². The number of thioether (sulfide) groups is 1. The van der Waals surface area contributed by atoms with Crippen molar-refractivity contribution in [2.45, 2.75) is 42.4 Å². The second-order valence-corrected chi connectivity index (χ2v) is 6.10. The van der Waals surface area contributed by atoms with Crippen molar-refractivity contribution in [3.63, 3.8) is 0 Å². The molecular weight excluding hydrogens is 301 g/mol. The van der Waals surface area contributed by atoms with Gasteiger partial charge in [-0.25, -0.2) is 4.68 Å². The summed E-state index contributed by atoms with van der Waals surface area (Å²) >= 11 is 1.31. The van der Waals surface area contributed by atoms with Gasteiger partial charge in [0.2, 0.25) is 5.16 Å². The molecular formula is C13H13F3N4S. The number of hydrogen-bond acceptors (Lipinski definition) is 4. The van der Waals surface area contributed by atoms with Crippen molar-refractivity contribution in [3.8, 4) is 0 Å². The molecule has 1 aromatic carbocycles. The lowest BCUT2D eigenvalue weighted by Crippen LogP contribution is -2.19. The van der Waals surface area contributed by atoms with Gasteiger partial charge in [0.05, 0.1) is 0 Å². The molecule has 3 rings (SSSR count). The molecule has 1 aliphatic carbocycles. The van der Waals surface area contributed by atoms with Crippen molar-refractivity contribution in [1.29, 1.82) is 0 Å². The third kappa shape index (κ3) is 3.37. The quantitative estimate of drug-likeness (QED) is 0.871. The maximum Gasteiger partial charge on any atom is 0.408 e. The number of tetrazole rings is 1. The Hall–Kier alpha value is -1.57. The van der Waals surface area contributed by atoms with E-state index in [2.05, 4.69) is 21.6 Å². The number of halogens is 3.